The summed E-state index contributed by atoms with van der Waals surface area (Å²) in [6.45, 7) is 8.11. The highest BCUT2D eigenvalue weighted by molar-refractivity contribution is 5.02. The van der Waals surface area contributed by atoms with Crippen LogP contribution in [0, 0.1) is 5.41 Å². The lowest BCUT2D eigenvalue weighted by molar-refractivity contribution is 0.0999. The maximum absolute atomic E-state index is 11.2. The first kappa shape index (κ1) is 15.0. The average Bonchev–Trinajstić information content (AvgIpc) is 2.28. The zero-order chi connectivity index (χ0) is 13.4. The molecule has 1 heterocycles. The Morgan fingerprint density at radius 2 is 2.11 bits per heavy atom. The van der Waals surface area contributed by atoms with E-state index in [2.05, 4.69) is 20.8 Å². The van der Waals surface area contributed by atoms with Gasteiger partial charge in [-0.15, -0.1) is 0 Å². The predicted molar refractivity (Wildman–Crippen MR) is 72.8 cm³/mol. The van der Waals surface area contributed by atoms with Gasteiger partial charge in [-0.2, -0.15) is 0 Å². The van der Waals surface area contributed by atoms with Crippen molar-refractivity contribution in [3.63, 3.8) is 0 Å². The van der Waals surface area contributed by atoms with E-state index in [0.29, 0.717) is 0 Å². The second kappa shape index (κ2) is 7.37. The van der Waals surface area contributed by atoms with Gasteiger partial charge < -0.3 is 9.15 Å². The van der Waals surface area contributed by atoms with E-state index in [1.54, 1.807) is 6.07 Å². The summed E-state index contributed by atoms with van der Waals surface area (Å²) in [6, 6.07) is 3.00. The molecule has 102 valence electrons. The smallest absolute Gasteiger partial charge is 0.185 e. The molecule has 0 saturated carbocycles. The summed E-state index contributed by atoms with van der Waals surface area (Å²) >= 11 is 0. The highest BCUT2D eigenvalue weighted by Gasteiger charge is 2.19. The van der Waals surface area contributed by atoms with Gasteiger partial charge in [0.25, 0.3) is 0 Å². The number of rotatable bonds is 8. The van der Waals surface area contributed by atoms with Crippen LogP contribution in [0.25, 0.3) is 0 Å². The van der Waals surface area contributed by atoms with Crippen LogP contribution < -0.4 is 5.43 Å². The van der Waals surface area contributed by atoms with Gasteiger partial charge in [0.1, 0.15) is 5.76 Å². The molecule has 0 bridgehead atoms. The Morgan fingerprint density at radius 3 is 2.78 bits per heavy atom. The molecule has 0 aliphatic carbocycles. The molecule has 18 heavy (non-hydrogen) atoms. The molecule has 0 amide bonds. The molecule has 0 atom stereocenters. The molecule has 0 aromatic carbocycles. The second-order valence-electron chi connectivity index (χ2n) is 5.49. The Kier molecular flexibility index (Phi) is 6.13. The summed E-state index contributed by atoms with van der Waals surface area (Å²) in [6.07, 6.45) is 5.48. The summed E-state index contributed by atoms with van der Waals surface area (Å²) < 4.78 is 10.9. The van der Waals surface area contributed by atoms with E-state index in [1.165, 1.54) is 18.8 Å². The van der Waals surface area contributed by atoms with Gasteiger partial charge in [-0.1, -0.05) is 27.2 Å². The Bertz CT molecular complexity index is 393. The van der Waals surface area contributed by atoms with E-state index >= 15 is 0 Å². The Balaban J connectivity index is 2.37. The summed E-state index contributed by atoms with van der Waals surface area (Å²) in [7, 11) is 0. The molecule has 3 nitrogen and oxygen atoms in total. The van der Waals surface area contributed by atoms with Crippen molar-refractivity contribution in [3.8, 4) is 0 Å². The molecule has 1 rings (SSSR count). The van der Waals surface area contributed by atoms with Crippen LogP contribution in [0.5, 0.6) is 0 Å². The van der Waals surface area contributed by atoms with Gasteiger partial charge in [-0.25, -0.2) is 0 Å². The molecular formula is C15H24O3. The lowest BCUT2D eigenvalue weighted by atomic mass is 9.85. The Morgan fingerprint density at radius 1 is 1.33 bits per heavy atom. The third-order valence-electron chi connectivity index (χ3n) is 2.97. The summed E-state index contributed by atoms with van der Waals surface area (Å²) in [4.78, 5) is 11.2. The van der Waals surface area contributed by atoms with Crippen molar-refractivity contribution in [3.05, 3.63) is 34.4 Å². The van der Waals surface area contributed by atoms with Crippen molar-refractivity contribution in [2.75, 3.05) is 13.2 Å². The van der Waals surface area contributed by atoms with Gasteiger partial charge in [-0.3, -0.25) is 4.79 Å². The molecule has 0 saturated heterocycles. The highest BCUT2D eigenvalue weighted by Crippen LogP contribution is 2.25. The van der Waals surface area contributed by atoms with Crippen molar-refractivity contribution in [1.29, 1.82) is 0 Å². The van der Waals surface area contributed by atoms with E-state index < -0.39 is 0 Å². The number of hydrogen-bond donors (Lipinski definition) is 0. The summed E-state index contributed by atoms with van der Waals surface area (Å²) in [5, 5.41) is 0. The largest absolute Gasteiger partial charge is 0.469 e. The Labute approximate surface area is 109 Å². The average molecular weight is 252 g/mol. The van der Waals surface area contributed by atoms with E-state index in [1.807, 2.05) is 0 Å². The maximum atomic E-state index is 11.2. The predicted octanol–water partition coefficient (Wildman–Crippen LogP) is 3.42. The minimum atomic E-state index is 0.00578. The SMILES string of the molecule is CCCCOCCC(C)(C)Cc1cc(=O)cco1. The zero-order valence-electron chi connectivity index (χ0n) is 11.7. The molecule has 0 aliphatic rings. The maximum Gasteiger partial charge on any atom is 0.185 e. The molecule has 1 aromatic rings. The fraction of sp³-hybridized carbons (Fsp3) is 0.667. The summed E-state index contributed by atoms with van der Waals surface area (Å²) in [5.74, 6) is 0.751. The van der Waals surface area contributed by atoms with Crippen molar-refractivity contribution in [2.45, 2.75) is 46.5 Å². The van der Waals surface area contributed by atoms with Crippen molar-refractivity contribution in [1.82, 2.24) is 0 Å². The van der Waals surface area contributed by atoms with Gasteiger partial charge in [0, 0.05) is 31.8 Å². The van der Waals surface area contributed by atoms with Crippen molar-refractivity contribution >= 4 is 0 Å². The second-order valence-corrected chi connectivity index (χ2v) is 5.49. The molecule has 0 unspecified atom stereocenters. The zero-order valence-corrected chi connectivity index (χ0v) is 11.7. The molecule has 3 heteroatoms. The minimum Gasteiger partial charge on any atom is -0.469 e. The monoisotopic (exact) mass is 252 g/mol. The van der Waals surface area contributed by atoms with E-state index in [4.69, 9.17) is 9.15 Å². The molecular weight excluding hydrogens is 228 g/mol. The Hall–Kier alpha value is -1.09. The van der Waals surface area contributed by atoms with E-state index in [0.717, 1.165) is 38.2 Å². The van der Waals surface area contributed by atoms with Crippen LogP contribution in [-0.2, 0) is 11.2 Å². The molecule has 0 radical (unpaired) electrons. The van der Waals surface area contributed by atoms with Gasteiger partial charge in [0.15, 0.2) is 5.43 Å². The first-order valence-corrected chi connectivity index (χ1v) is 6.69. The molecule has 1 aromatic heterocycles. The lowest BCUT2D eigenvalue weighted by Crippen LogP contribution is -2.18. The van der Waals surface area contributed by atoms with E-state index in [-0.39, 0.29) is 10.8 Å². The first-order chi connectivity index (χ1) is 8.53. The van der Waals surface area contributed by atoms with Gasteiger partial charge in [0.2, 0.25) is 0 Å². The molecule has 0 N–H and O–H groups in total. The van der Waals surface area contributed by atoms with Crippen LogP contribution >= 0.6 is 0 Å². The highest BCUT2D eigenvalue weighted by atomic mass is 16.5. The number of unbranched alkanes of at least 4 members (excludes halogenated alkanes) is 1. The van der Waals surface area contributed by atoms with Crippen LogP contribution in [-0.4, -0.2) is 13.2 Å². The fourth-order valence-electron chi connectivity index (χ4n) is 1.78. The fourth-order valence-corrected chi connectivity index (χ4v) is 1.78. The minimum absolute atomic E-state index is 0.00578. The molecule has 0 fully saturated rings. The third kappa shape index (κ3) is 6.01. The van der Waals surface area contributed by atoms with Gasteiger partial charge in [-0.05, 0) is 18.3 Å². The number of hydrogen-bond acceptors (Lipinski definition) is 3. The molecule has 0 aliphatic heterocycles. The topological polar surface area (TPSA) is 39.4 Å². The van der Waals surface area contributed by atoms with Crippen LogP contribution in [0.1, 0.15) is 45.8 Å². The van der Waals surface area contributed by atoms with Gasteiger partial charge in [0.05, 0.1) is 6.26 Å². The van der Waals surface area contributed by atoms with Crippen molar-refractivity contribution < 1.29 is 9.15 Å². The van der Waals surface area contributed by atoms with Gasteiger partial charge >= 0.3 is 0 Å². The standard InChI is InChI=1S/C15H24O3/c1-4-5-8-17-10-7-15(2,3)12-14-11-13(16)6-9-18-14/h6,9,11H,4-5,7-8,10,12H2,1-3H3. The quantitative estimate of drug-likeness (QED) is 0.665. The molecule has 0 spiro atoms. The third-order valence-corrected chi connectivity index (χ3v) is 2.97. The first-order valence-electron chi connectivity index (χ1n) is 6.69. The van der Waals surface area contributed by atoms with Crippen LogP contribution in [0.15, 0.2) is 27.6 Å². The van der Waals surface area contributed by atoms with E-state index in [9.17, 15) is 4.79 Å². The van der Waals surface area contributed by atoms with Crippen LogP contribution in [0.3, 0.4) is 0 Å². The van der Waals surface area contributed by atoms with Crippen LogP contribution in [0.4, 0.5) is 0 Å². The van der Waals surface area contributed by atoms with Crippen molar-refractivity contribution in [2.24, 2.45) is 5.41 Å². The van der Waals surface area contributed by atoms with Crippen LogP contribution in [0.2, 0.25) is 0 Å². The number of ether oxygens (including phenoxy) is 1. The normalized spacial score (nSPS) is 11.7. The lowest BCUT2D eigenvalue weighted by Gasteiger charge is -2.23. The summed E-state index contributed by atoms with van der Waals surface area (Å²) in [5.41, 5.74) is 0.0926.